The third-order valence-electron chi connectivity index (χ3n) is 8.90. The summed E-state index contributed by atoms with van der Waals surface area (Å²) in [5.74, 6) is 1.49. The molecular formula is C40H56Br4N2O6. The van der Waals surface area contributed by atoms with Crippen molar-refractivity contribution in [1.82, 2.24) is 5.90 Å². The zero-order chi connectivity index (χ0) is 38.0. The third-order valence-corrected chi connectivity index (χ3v) is 10.3. The summed E-state index contributed by atoms with van der Waals surface area (Å²) >= 11 is 13.5. The second-order valence-corrected chi connectivity index (χ2v) is 19.1. The Kier molecular flexibility index (Phi) is 20.7. The Morgan fingerprint density at radius 3 is 1.62 bits per heavy atom. The average molecular weight is 981 g/mol. The summed E-state index contributed by atoms with van der Waals surface area (Å²) in [6, 6.07) is 3.53. The lowest BCUT2D eigenvalue weighted by Crippen LogP contribution is -2.10. The van der Waals surface area contributed by atoms with E-state index < -0.39 is 0 Å². The van der Waals surface area contributed by atoms with Gasteiger partial charge in [-0.15, -0.1) is 0 Å². The fourth-order valence-corrected chi connectivity index (χ4v) is 7.12. The molecule has 0 spiro atoms. The number of benzene rings is 2. The minimum Gasteiger partial charge on any atom is -0.507 e. The van der Waals surface area contributed by atoms with Gasteiger partial charge in [-0.2, -0.15) is 5.90 Å². The molecule has 1 N–H and O–H groups in total. The Balaban J connectivity index is 1.93. The fraction of sp³-hybridized carbons (Fsp3) is 0.575. The number of methoxy groups -OCH3 is 1. The first-order valence-corrected chi connectivity index (χ1v) is 21.3. The molecule has 12 heteroatoms. The molecule has 0 bridgehead atoms. The van der Waals surface area contributed by atoms with Crippen molar-refractivity contribution in [2.75, 3.05) is 33.4 Å². The van der Waals surface area contributed by atoms with Crippen LogP contribution in [0.2, 0.25) is 0 Å². The first kappa shape index (κ1) is 44.8. The molecule has 3 aromatic rings. The number of phenols is 1. The van der Waals surface area contributed by atoms with Crippen LogP contribution in [0.3, 0.4) is 0 Å². The molecule has 2 aromatic carbocycles. The molecule has 8 nitrogen and oxygen atoms in total. The monoisotopic (exact) mass is 976 g/mol. The van der Waals surface area contributed by atoms with Gasteiger partial charge in [0.1, 0.15) is 28.1 Å². The van der Waals surface area contributed by atoms with Gasteiger partial charge < -0.3 is 23.7 Å². The van der Waals surface area contributed by atoms with Crippen LogP contribution in [0, 0.1) is 0 Å². The van der Waals surface area contributed by atoms with E-state index in [1.165, 1.54) is 25.7 Å². The van der Waals surface area contributed by atoms with Crippen LogP contribution in [0.25, 0.3) is 21.9 Å². The summed E-state index contributed by atoms with van der Waals surface area (Å²) in [5.41, 5.74) is 3.86. The second-order valence-electron chi connectivity index (χ2n) is 13.7. The third kappa shape index (κ3) is 14.6. The molecule has 0 amide bonds. The molecule has 3 rings (SSSR count). The standard InChI is InChI=1S/C40H56Br4N2O6/c1-28(2)18-20-30-32(50-24-16-12-8-6-10-14-22-45(41)42)26-34-37(38(30)47)39(48)36-31(21-19-29(3)4)40(49-5)35(27-33(36)52-34)51-25-17-13-9-7-11-15-23-46(43)44/h18-19,26-27,47H,6-17,20-25H2,1-5H3. The van der Waals surface area contributed by atoms with E-state index >= 15 is 0 Å². The van der Waals surface area contributed by atoms with Crippen LogP contribution in [0.1, 0.15) is 116 Å². The van der Waals surface area contributed by atoms with Crippen LogP contribution in [0.5, 0.6) is 23.0 Å². The average Bonchev–Trinajstić information content (AvgIpc) is 3.08. The molecule has 0 fully saturated rings. The number of nitrogens with zero attached hydrogens (tertiary/aromatic N) is 2. The van der Waals surface area contributed by atoms with E-state index in [-0.39, 0.29) is 22.1 Å². The van der Waals surface area contributed by atoms with Gasteiger partial charge in [0.05, 0.1) is 25.7 Å². The van der Waals surface area contributed by atoms with Gasteiger partial charge in [0, 0.05) is 101 Å². The van der Waals surface area contributed by atoms with Crippen molar-refractivity contribution in [3.8, 4) is 23.0 Å². The van der Waals surface area contributed by atoms with E-state index in [9.17, 15) is 9.90 Å². The Morgan fingerprint density at radius 2 is 1.12 bits per heavy atom. The maximum absolute atomic E-state index is 14.4. The highest BCUT2D eigenvalue weighted by Crippen LogP contribution is 2.42. The molecule has 0 aliphatic heterocycles. The molecule has 0 saturated carbocycles. The highest BCUT2D eigenvalue weighted by molar-refractivity contribution is 9.21. The van der Waals surface area contributed by atoms with Gasteiger partial charge in [0.25, 0.3) is 0 Å². The molecule has 0 aliphatic carbocycles. The number of fused-ring (bicyclic) bond motifs is 2. The van der Waals surface area contributed by atoms with Gasteiger partial charge in [-0.25, -0.2) is 0 Å². The van der Waals surface area contributed by atoms with Gasteiger partial charge in [-0.05, 0) is 66.2 Å². The molecule has 0 unspecified atom stereocenters. The molecule has 0 aliphatic rings. The van der Waals surface area contributed by atoms with E-state index in [1.54, 1.807) is 19.2 Å². The number of unbranched alkanes of at least 4 members (excludes halogenated alkanes) is 10. The summed E-state index contributed by atoms with van der Waals surface area (Å²) in [4.78, 5) is 14.4. The lowest BCUT2D eigenvalue weighted by atomic mass is 9.98. The van der Waals surface area contributed by atoms with Crippen LogP contribution in [0.4, 0.5) is 0 Å². The summed E-state index contributed by atoms with van der Waals surface area (Å²) in [7, 11) is 1.60. The normalized spacial score (nSPS) is 11.5. The highest BCUT2D eigenvalue weighted by Gasteiger charge is 2.24. The Hall–Kier alpha value is -1.57. The zero-order valence-electron chi connectivity index (χ0n) is 31.4. The van der Waals surface area contributed by atoms with Gasteiger partial charge in [0.15, 0.2) is 11.5 Å². The van der Waals surface area contributed by atoms with Crippen molar-refractivity contribution in [2.45, 2.75) is 118 Å². The largest absolute Gasteiger partial charge is 0.507 e. The van der Waals surface area contributed by atoms with Crippen molar-refractivity contribution < 1.29 is 23.7 Å². The number of hydrogen-bond acceptors (Lipinski definition) is 8. The lowest BCUT2D eigenvalue weighted by molar-refractivity contribution is 0.284. The minimum absolute atomic E-state index is 0.0996. The number of ether oxygens (including phenoxy) is 3. The Morgan fingerprint density at radius 1 is 0.673 bits per heavy atom. The predicted octanol–water partition coefficient (Wildman–Crippen LogP) is 13.0. The molecule has 0 saturated heterocycles. The van der Waals surface area contributed by atoms with E-state index in [4.69, 9.17) is 18.6 Å². The van der Waals surface area contributed by atoms with Crippen LogP contribution in [-0.4, -0.2) is 44.4 Å². The molecule has 290 valence electrons. The minimum atomic E-state index is -0.299. The SMILES string of the molecule is COc1c(OCCCCCCCCN(Br)Br)cc2oc3cc(OCCCCCCCCN(Br)Br)c(CC=C(C)C)c(O)c3c(=O)c2c1CC=C(C)C. The first-order valence-electron chi connectivity index (χ1n) is 18.5. The van der Waals surface area contributed by atoms with Crippen molar-refractivity contribution in [1.29, 1.82) is 0 Å². The fourth-order valence-electron chi connectivity index (χ4n) is 6.11. The number of aromatic hydroxyl groups is 1. The number of hydrogen-bond donors (Lipinski definition) is 1. The quantitative estimate of drug-likeness (QED) is 0.0389. The lowest BCUT2D eigenvalue weighted by Gasteiger charge is -2.18. The molecular weight excluding hydrogens is 924 g/mol. The van der Waals surface area contributed by atoms with E-state index in [0.29, 0.717) is 65.4 Å². The number of phenolic OH excluding ortho intramolecular Hbond substituents is 1. The molecule has 1 heterocycles. The van der Waals surface area contributed by atoms with Crippen LogP contribution >= 0.6 is 64.6 Å². The van der Waals surface area contributed by atoms with Gasteiger partial charge in [-0.3, -0.25) is 4.79 Å². The Bertz CT molecular complexity index is 1680. The van der Waals surface area contributed by atoms with Gasteiger partial charge in [-0.1, -0.05) is 74.7 Å². The zero-order valence-corrected chi connectivity index (χ0v) is 37.8. The second kappa shape index (κ2) is 24.1. The maximum atomic E-state index is 14.4. The topological polar surface area (TPSA) is 84.6 Å². The van der Waals surface area contributed by atoms with E-state index in [2.05, 4.69) is 70.7 Å². The van der Waals surface area contributed by atoms with Crippen molar-refractivity contribution in [3.05, 3.63) is 56.8 Å². The number of allylic oxidation sites excluding steroid dienone is 4. The van der Waals surface area contributed by atoms with Gasteiger partial charge >= 0.3 is 0 Å². The number of halogens is 4. The predicted molar refractivity (Wildman–Crippen MR) is 230 cm³/mol. The Labute approximate surface area is 344 Å². The molecule has 1 aromatic heterocycles. The smallest absolute Gasteiger partial charge is 0.204 e. The van der Waals surface area contributed by atoms with Crippen LogP contribution in [0.15, 0.2) is 44.6 Å². The van der Waals surface area contributed by atoms with Crippen molar-refractivity contribution >= 4 is 86.5 Å². The van der Waals surface area contributed by atoms with Crippen molar-refractivity contribution in [3.63, 3.8) is 0 Å². The summed E-state index contributed by atoms with van der Waals surface area (Å²) in [6.07, 6.45) is 18.2. The van der Waals surface area contributed by atoms with Crippen LogP contribution < -0.4 is 19.6 Å². The van der Waals surface area contributed by atoms with Gasteiger partial charge in [0.2, 0.25) is 5.43 Å². The summed E-state index contributed by atoms with van der Waals surface area (Å²) < 4.78 is 28.7. The summed E-state index contributed by atoms with van der Waals surface area (Å²) in [6.45, 7) is 11.0. The molecule has 0 radical (unpaired) electrons. The number of rotatable bonds is 25. The summed E-state index contributed by atoms with van der Waals surface area (Å²) in [5, 5.41) is 12.3. The van der Waals surface area contributed by atoms with Crippen molar-refractivity contribution in [2.24, 2.45) is 0 Å². The van der Waals surface area contributed by atoms with E-state index in [1.807, 2.05) is 39.7 Å². The molecule has 0 atom stereocenters. The maximum Gasteiger partial charge on any atom is 0.204 e. The van der Waals surface area contributed by atoms with E-state index in [0.717, 1.165) is 75.6 Å². The molecule has 52 heavy (non-hydrogen) atoms. The van der Waals surface area contributed by atoms with Crippen LogP contribution in [-0.2, 0) is 12.8 Å². The highest BCUT2D eigenvalue weighted by atomic mass is 79.9. The first-order chi connectivity index (χ1) is 24.9.